The molecule has 0 spiro atoms. The summed E-state index contributed by atoms with van der Waals surface area (Å²) in [6, 6.07) is 2.10. The predicted molar refractivity (Wildman–Crippen MR) is 110 cm³/mol. The van der Waals surface area contributed by atoms with E-state index in [4.69, 9.17) is 4.74 Å². The van der Waals surface area contributed by atoms with Gasteiger partial charge in [0.15, 0.2) is 5.13 Å². The number of amides is 1. The summed E-state index contributed by atoms with van der Waals surface area (Å²) >= 11 is 1.73. The predicted octanol–water partition coefficient (Wildman–Crippen LogP) is 2.47. The number of ether oxygens (including phenoxy) is 1. The summed E-state index contributed by atoms with van der Waals surface area (Å²) in [6.45, 7) is 9.72. The summed E-state index contributed by atoms with van der Waals surface area (Å²) < 4.78 is 7.43. The topological polar surface area (TPSA) is 63.5 Å². The van der Waals surface area contributed by atoms with Crippen molar-refractivity contribution >= 4 is 22.4 Å². The van der Waals surface area contributed by atoms with E-state index < -0.39 is 0 Å². The highest BCUT2D eigenvalue weighted by atomic mass is 32.1. The third-order valence-electron chi connectivity index (χ3n) is 5.60. The minimum atomic E-state index is 0.146. The van der Waals surface area contributed by atoms with Crippen LogP contribution < -0.4 is 4.90 Å². The zero-order valence-electron chi connectivity index (χ0n) is 16.8. The SMILES string of the molecule is Cc1cc(C)n(Cc2cnc(N3CCCN(C(=O)C4CCOCC4)CC3)s2)n1. The Kier molecular flexibility index (Phi) is 5.96. The fraction of sp³-hybridized carbons (Fsp3) is 0.650. The lowest BCUT2D eigenvalue weighted by Gasteiger charge is -2.28. The van der Waals surface area contributed by atoms with E-state index >= 15 is 0 Å². The van der Waals surface area contributed by atoms with Crippen LogP contribution in [0.15, 0.2) is 12.3 Å². The maximum absolute atomic E-state index is 12.8. The Morgan fingerprint density at radius 1 is 1.21 bits per heavy atom. The Morgan fingerprint density at radius 3 is 2.79 bits per heavy atom. The number of hydrogen-bond donors (Lipinski definition) is 0. The highest BCUT2D eigenvalue weighted by Crippen LogP contribution is 2.25. The van der Waals surface area contributed by atoms with Crippen molar-refractivity contribution in [3.8, 4) is 0 Å². The Balaban J connectivity index is 1.36. The van der Waals surface area contributed by atoms with Gasteiger partial charge in [0.2, 0.25) is 5.91 Å². The van der Waals surface area contributed by atoms with Crippen molar-refractivity contribution in [3.05, 3.63) is 28.5 Å². The van der Waals surface area contributed by atoms with E-state index in [1.165, 1.54) is 10.6 Å². The summed E-state index contributed by atoms with van der Waals surface area (Å²) in [5.74, 6) is 0.460. The molecule has 0 N–H and O–H groups in total. The number of carbonyl (C=O) groups excluding carboxylic acids is 1. The van der Waals surface area contributed by atoms with E-state index in [2.05, 4.69) is 32.9 Å². The maximum atomic E-state index is 12.8. The molecule has 152 valence electrons. The Hall–Kier alpha value is -1.93. The quantitative estimate of drug-likeness (QED) is 0.785. The van der Waals surface area contributed by atoms with Crippen LogP contribution in [0.5, 0.6) is 0 Å². The number of thiazole rings is 1. The van der Waals surface area contributed by atoms with Gasteiger partial charge in [0, 0.05) is 62.1 Å². The van der Waals surface area contributed by atoms with Gasteiger partial charge in [-0.3, -0.25) is 9.48 Å². The molecule has 8 heteroatoms. The van der Waals surface area contributed by atoms with Crippen molar-refractivity contribution in [2.24, 2.45) is 5.92 Å². The summed E-state index contributed by atoms with van der Waals surface area (Å²) in [7, 11) is 0. The first kappa shape index (κ1) is 19.4. The first-order chi connectivity index (χ1) is 13.6. The zero-order chi connectivity index (χ0) is 19.5. The van der Waals surface area contributed by atoms with Crippen LogP contribution >= 0.6 is 11.3 Å². The molecule has 0 saturated carbocycles. The average Bonchev–Trinajstić information content (AvgIpc) is 3.19. The van der Waals surface area contributed by atoms with Crippen molar-refractivity contribution in [3.63, 3.8) is 0 Å². The van der Waals surface area contributed by atoms with Crippen LogP contribution in [0, 0.1) is 19.8 Å². The van der Waals surface area contributed by atoms with Crippen molar-refractivity contribution in [1.29, 1.82) is 0 Å². The molecule has 2 saturated heterocycles. The fourth-order valence-corrected chi connectivity index (χ4v) is 4.97. The van der Waals surface area contributed by atoms with Gasteiger partial charge in [-0.1, -0.05) is 11.3 Å². The largest absolute Gasteiger partial charge is 0.381 e. The molecule has 2 aromatic rings. The smallest absolute Gasteiger partial charge is 0.225 e. The molecule has 0 radical (unpaired) electrons. The van der Waals surface area contributed by atoms with Crippen molar-refractivity contribution in [1.82, 2.24) is 19.7 Å². The molecule has 0 bridgehead atoms. The molecule has 1 amide bonds. The summed E-state index contributed by atoms with van der Waals surface area (Å²) in [5.41, 5.74) is 2.22. The van der Waals surface area contributed by atoms with Gasteiger partial charge >= 0.3 is 0 Å². The van der Waals surface area contributed by atoms with Crippen LogP contribution in [0.25, 0.3) is 0 Å². The summed E-state index contributed by atoms with van der Waals surface area (Å²) in [5, 5.41) is 5.60. The molecule has 2 aromatic heterocycles. The number of anilines is 1. The Bertz CT molecular complexity index is 811. The van der Waals surface area contributed by atoms with Crippen LogP contribution in [0.4, 0.5) is 5.13 Å². The average molecular weight is 404 g/mol. The van der Waals surface area contributed by atoms with E-state index in [0.29, 0.717) is 19.1 Å². The van der Waals surface area contributed by atoms with Crippen molar-refractivity contribution in [2.45, 2.75) is 39.7 Å². The molecule has 0 aliphatic carbocycles. The number of aromatic nitrogens is 3. The van der Waals surface area contributed by atoms with Crippen LogP contribution in [0.3, 0.4) is 0 Å². The maximum Gasteiger partial charge on any atom is 0.225 e. The number of hydrogen-bond acceptors (Lipinski definition) is 6. The summed E-state index contributed by atoms with van der Waals surface area (Å²) in [4.78, 5) is 23.1. The zero-order valence-corrected chi connectivity index (χ0v) is 17.6. The monoisotopic (exact) mass is 403 g/mol. The Morgan fingerprint density at radius 2 is 2.04 bits per heavy atom. The standard InChI is InChI=1S/C20H29N5O2S/c1-15-12-16(2)25(22-15)14-18-13-21-20(28-18)24-7-3-6-23(8-9-24)19(26)17-4-10-27-11-5-17/h12-13,17H,3-11,14H2,1-2H3. The van der Waals surface area contributed by atoms with Gasteiger partial charge in [0.05, 0.1) is 12.2 Å². The highest BCUT2D eigenvalue weighted by molar-refractivity contribution is 7.15. The van der Waals surface area contributed by atoms with Gasteiger partial charge in [-0.05, 0) is 39.2 Å². The minimum Gasteiger partial charge on any atom is -0.381 e. The van der Waals surface area contributed by atoms with Crippen molar-refractivity contribution < 1.29 is 9.53 Å². The summed E-state index contributed by atoms with van der Waals surface area (Å²) in [6.07, 6.45) is 4.68. The van der Waals surface area contributed by atoms with Crippen LogP contribution in [-0.4, -0.2) is 65.0 Å². The van der Waals surface area contributed by atoms with Gasteiger partial charge in [-0.15, -0.1) is 0 Å². The molecular weight excluding hydrogens is 374 g/mol. The first-order valence-electron chi connectivity index (χ1n) is 10.2. The third-order valence-corrected chi connectivity index (χ3v) is 6.64. The molecule has 2 aliphatic heterocycles. The van der Waals surface area contributed by atoms with E-state index in [-0.39, 0.29) is 5.92 Å². The van der Waals surface area contributed by atoms with Gasteiger partial charge in [-0.25, -0.2) is 4.98 Å². The van der Waals surface area contributed by atoms with Gasteiger partial charge < -0.3 is 14.5 Å². The minimum absolute atomic E-state index is 0.146. The molecule has 2 fully saturated rings. The molecule has 0 atom stereocenters. The Labute approximate surface area is 170 Å². The molecule has 7 nitrogen and oxygen atoms in total. The van der Waals surface area contributed by atoms with E-state index in [0.717, 1.165) is 62.8 Å². The fourth-order valence-electron chi connectivity index (χ4n) is 4.03. The van der Waals surface area contributed by atoms with Gasteiger partial charge in [0.25, 0.3) is 0 Å². The van der Waals surface area contributed by atoms with Crippen molar-refractivity contribution in [2.75, 3.05) is 44.3 Å². The molecule has 4 rings (SSSR count). The lowest BCUT2D eigenvalue weighted by atomic mass is 9.98. The van der Waals surface area contributed by atoms with Crippen LogP contribution in [0.1, 0.15) is 35.5 Å². The van der Waals surface area contributed by atoms with E-state index in [9.17, 15) is 4.79 Å². The van der Waals surface area contributed by atoms with E-state index in [1.807, 2.05) is 17.8 Å². The van der Waals surface area contributed by atoms with Gasteiger partial charge in [-0.2, -0.15) is 5.10 Å². The normalized spacial score (nSPS) is 19.1. The first-order valence-corrected chi connectivity index (χ1v) is 11.0. The van der Waals surface area contributed by atoms with Gasteiger partial charge in [0.1, 0.15) is 0 Å². The van der Waals surface area contributed by atoms with E-state index in [1.54, 1.807) is 11.3 Å². The molecule has 28 heavy (non-hydrogen) atoms. The molecule has 0 aromatic carbocycles. The second-order valence-electron chi connectivity index (χ2n) is 7.75. The number of rotatable bonds is 4. The number of nitrogens with zero attached hydrogens (tertiary/aromatic N) is 5. The molecule has 4 heterocycles. The lowest BCUT2D eigenvalue weighted by molar-refractivity contribution is -0.138. The van der Waals surface area contributed by atoms with Crippen LogP contribution in [0.2, 0.25) is 0 Å². The second kappa shape index (κ2) is 8.61. The molecular formula is C20H29N5O2S. The molecule has 2 aliphatic rings. The second-order valence-corrected chi connectivity index (χ2v) is 8.84. The third kappa shape index (κ3) is 4.38. The molecule has 0 unspecified atom stereocenters. The number of carbonyl (C=O) groups is 1. The lowest BCUT2D eigenvalue weighted by Crippen LogP contribution is -2.40. The highest BCUT2D eigenvalue weighted by Gasteiger charge is 2.28. The number of aryl methyl sites for hydroxylation is 2. The van der Waals surface area contributed by atoms with Crippen LogP contribution in [-0.2, 0) is 16.1 Å².